The normalized spacial score (nSPS) is 8.78. The fraction of sp³-hybridized carbons (Fsp3) is 0.250. The summed E-state index contributed by atoms with van der Waals surface area (Å²) in [5.74, 6) is 0.807. The molecule has 6 heteroatoms. The van der Waals surface area contributed by atoms with Crippen molar-refractivity contribution < 1.29 is 10.2 Å². The smallest absolute Gasteiger partial charge is 0.145 e. The topological polar surface area (TPSA) is 79.6 Å². The van der Waals surface area contributed by atoms with Crippen LogP contribution in [0.15, 0.2) is 30.3 Å². The summed E-state index contributed by atoms with van der Waals surface area (Å²) in [5.41, 5.74) is 7.31. The highest BCUT2D eigenvalue weighted by Crippen LogP contribution is 2.23. The van der Waals surface area contributed by atoms with E-state index in [0.717, 1.165) is 22.3 Å². The van der Waals surface area contributed by atoms with Crippen molar-refractivity contribution in [3.63, 3.8) is 0 Å². The molecule has 4 nitrogen and oxygen atoms in total. The van der Waals surface area contributed by atoms with Gasteiger partial charge in [0.05, 0.1) is 0 Å². The second-order valence-electron chi connectivity index (χ2n) is 3.42. The third-order valence-corrected chi connectivity index (χ3v) is 2.20. The van der Waals surface area contributed by atoms with Crippen molar-refractivity contribution in [3.05, 3.63) is 36.0 Å². The van der Waals surface area contributed by atoms with Gasteiger partial charge in [-0.05, 0) is 19.1 Å². The van der Waals surface area contributed by atoms with Crippen molar-refractivity contribution in [2.24, 2.45) is 5.73 Å². The van der Waals surface area contributed by atoms with Crippen LogP contribution in [0, 0.1) is 6.92 Å². The van der Waals surface area contributed by atoms with Crippen LogP contribution >= 0.6 is 24.8 Å². The lowest BCUT2D eigenvalue weighted by molar-refractivity contribution is 0.331. The van der Waals surface area contributed by atoms with E-state index in [0.29, 0.717) is 13.2 Å². The predicted molar refractivity (Wildman–Crippen MR) is 79.1 cm³/mol. The number of aromatic nitrogens is 1. The largest absolute Gasteiger partial charge is 0.490 e. The Labute approximate surface area is 119 Å². The zero-order valence-electron chi connectivity index (χ0n) is 10.1. The van der Waals surface area contributed by atoms with Crippen LogP contribution in [0.2, 0.25) is 0 Å². The molecule has 0 saturated carbocycles. The highest BCUT2D eigenvalue weighted by molar-refractivity contribution is 5.86. The molecule has 2 rings (SSSR count). The lowest BCUT2D eigenvalue weighted by Crippen LogP contribution is -2.10. The number of aryl methyl sites for hydroxylation is 1. The summed E-state index contributed by atoms with van der Waals surface area (Å²) in [5, 5.41) is 1.09. The van der Waals surface area contributed by atoms with Gasteiger partial charge in [-0.15, -0.1) is 24.8 Å². The van der Waals surface area contributed by atoms with Crippen molar-refractivity contribution in [1.82, 2.24) is 4.98 Å². The van der Waals surface area contributed by atoms with Gasteiger partial charge in [0, 0.05) is 17.6 Å². The fourth-order valence-corrected chi connectivity index (χ4v) is 1.50. The molecule has 0 aliphatic rings. The Kier molecular flexibility index (Phi) is 9.57. The van der Waals surface area contributed by atoms with Gasteiger partial charge in [0.1, 0.15) is 17.9 Å². The number of ether oxygens (including phenoxy) is 1. The van der Waals surface area contributed by atoms with Crippen molar-refractivity contribution in [1.29, 1.82) is 0 Å². The van der Waals surface area contributed by atoms with Crippen LogP contribution in [0.3, 0.4) is 0 Å². The molecule has 0 atom stereocenters. The maximum atomic E-state index is 5.54. The van der Waals surface area contributed by atoms with Crippen molar-refractivity contribution >= 4 is 35.7 Å². The van der Waals surface area contributed by atoms with E-state index >= 15 is 0 Å². The summed E-state index contributed by atoms with van der Waals surface area (Å²) in [6, 6.07) is 9.95. The molecule has 1 aromatic heterocycles. The molecule has 2 aromatic rings. The zero-order chi connectivity index (χ0) is 10.7. The van der Waals surface area contributed by atoms with E-state index in [1.807, 2.05) is 37.3 Å². The monoisotopic (exact) mass is 292 g/mol. The van der Waals surface area contributed by atoms with Crippen LogP contribution in [0.25, 0.3) is 10.9 Å². The summed E-state index contributed by atoms with van der Waals surface area (Å²) in [6.45, 7) is 3.01. The average molecular weight is 293 g/mol. The molecule has 0 aliphatic carbocycles. The number of hydrogen-bond acceptors (Lipinski definition) is 3. The van der Waals surface area contributed by atoms with E-state index in [2.05, 4.69) is 4.98 Å². The standard InChI is InChI=1S/C12H14N2O.2ClH.H2O/c1-9-5-6-10-3-2-4-11(12(10)14-9)15-8-7-13;;;/h2-6H,7-8,13H2,1H3;2*1H;1H2. The fourth-order valence-electron chi connectivity index (χ4n) is 1.50. The number of fused-ring (bicyclic) bond motifs is 1. The van der Waals surface area contributed by atoms with Gasteiger partial charge in [0.15, 0.2) is 0 Å². The lowest BCUT2D eigenvalue weighted by atomic mass is 10.2. The second-order valence-corrected chi connectivity index (χ2v) is 3.42. The minimum absolute atomic E-state index is 0. The van der Waals surface area contributed by atoms with E-state index in [-0.39, 0.29) is 30.3 Å². The number of benzene rings is 1. The number of pyridine rings is 1. The first-order chi connectivity index (χ1) is 7.31. The Morgan fingerprint density at radius 1 is 1.17 bits per heavy atom. The highest BCUT2D eigenvalue weighted by Gasteiger charge is 2.02. The number of nitrogens with zero attached hydrogens (tertiary/aromatic N) is 1. The first kappa shape index (κ1) is 19.3. The maximum absolute atomic E-state index is 5.54. The summed E-state index contributed by atoms with van der Waals surface area (Å²) in [6.07, 6.45) is 0. The molecule has 4 N–H and O–H groups in total. The van der Waals surface area contributed by atoms with Gasteiger partial charge in [-0.3, -0.25) is 0 Å². The van der Waals surface area contributed by atoms with E-state index < -0.39 is 0 Å². The van der Waals surface area contributed by atoms with Crippen molar-refractivity contribution in [2.45, 2.75) is 6.92 Å². The third-order valence-electron chi connectivity index (χ3n) is 2.20. The first-order valence-corrected chi connectivity index (χ1v) is 5.00. The molecule has 0 saturated heterocycles. The van der Waals surface area contributed by atoms with Gasteiger partial charge in [-0.25, -0.2) is 4.98 Å². The number of rotatable bonds is 3. The second kappa shape index (κ2) is 8.94. The van der Waals surface area contributed by atoms with Gasteiger partial charge >= 0.3 is 0 Å². The molecular formula is C12H18Cl2N2O2. The SMILES string of the molecule is Cc1ccc2cccc(OCCN)c2n1.Cl.Cl.O. The van der Waals surface area contributed by atoms with E-state index in [1.54, 1.807) is 0 Å². The number of hydrogen-bond donors (Lipinski definition) is 1. The number of halogens is 2. The summed E-state index contributed by atoms with van der Waals surface area (Å²) in [7, 11) is 0. The molecule has 18 heavy (non-hydrogen) atoms. The minimum atomic E-state index is 0. The van der Waals surface area contributed by atoms with Gasteiger partial charge in [0.2, 0.25) is 0 Å². The maximum Gasteiger partial charge on any atom is 0.145 e. The molecule has 0 bridgehead atoms. The van der Waals surface area contributed by atoms with Gasteiger partial charge in [-0.1, -0.05) is 18.2 Å². The molecule has 102 valence electrons. The van der Waals surface area contributed by atoms with Crippen molar-refractivity contribution in [2.75, 3.05) is 13.2 Å². The van der Waals surface area contributed by atoms with Gasteiger partial charge < -0.3 is 15.9 Å². The van der Waals surface area contributed by atoms with Gasteiger partial charge in [-0.2, -0.15) is 0 Å². The molecule has 1 aromatic carbocycles. The first-order valence-electron chi connectivity index (χ1n) is 5.00. The third kappa shape index (κ3) is 4.31. The molecule has 0 radical (unpaired) electrons. The molecule has 0 fully saturated rings. The summed E-state index contributed by atoms with van der Waals surface area (Å²) in [4.78, 5) is 4.46. The highest BCUT2D eigenvalue weighted by atomic mass is 35.5. The van der Waals surface area contributed by atoms with Crippen LogP contribution in [0.4, 0.5) is 0 Å². The van der Waals surface area contributed by atoms with Crippen molar-refractivity contribution in [3.8, 4) is 5.75 Å². The average Bonchev–Trinajstić information content (AvgIpc) is 2.26. The number of nitrogens with two attached hydrogens (primary N) is 1. The van der Waals surface area contributed by atoms with E-state index in [9.17, 15) is 0 Å². The van der Waals surface area contributed by atoms with E-state index in [4.69, 9.17) is 10.5 Å². The van der Waals surface area contributed by atoms with Crippen LogP contribution in [-0.4, -0.2) is 23.6 Å². The van der Waals surface area contributed by atoms with Crippen LogP contribution in [-0.2, 0) is 0 Å². The molecule has 0 spiro atoms. The molecular weight excluding hydrogens is 275 g/mol. The van der Waals surface area contributed by atoms with Crippen LogP contribution in [0.1, 0.15) is 5.69 Å². The van der Waals surface area contributed by atoms with Crippen LogP contribution < -0.4 is 10.5 Å². The predicted octanol–water partition coefficient (Wildman–Crippen LogP) is 1.90. The molecule has 0 aliphatic heterocycles. The molecule has 0 unspecified atom stereocenters. The summed E-state index contributed by atoms with van der Waals surface area (Å²) >= 11 is 0. The Morgan fingerprint density at radius 2 is 1.89 bits per heavy atom. The van der Waals surface area contributed by atoms with Crippen LogP contribution in [0.5, 0.6) is 5.75 Å². The zero-order valence-corrected chi connectivity index (χ0v) is 11.7. The number of para-hydroxylation sites is 1. The Morgan fingerprint density at radius 3 is 2.56 bits per heavy atom. The molecule has 0 amide bonds. The Hall–Kier alpha value is -1.07. The van der Waals surface area contributed by atoms with E-state index in [1.165, 1.54) is 0 Å². The lowest BCUT2D eigenvalue weighted by Gasteiger charge is -2.07. The molecule has 1 heterocycles. The minimum Gasteiger partial charge on any atom is -0.490 e. The van der Waals surface area contributed by atoms with Gasteiger partial charge in [0.25, 0.3) is 0 Å². The Balaban J connectivity index is 0. The summed E-state index contributed by atoms with van der Waals surface area (Å²) < 4.78 is 5.54. The Bertz CT molecular complexity index is 481. The quantitative estimate of drug-likeness (QED) is 0.938.